The zero-order valence-electron chi connectivity index (χ0n) is 11.1. The zero-order chi connectivity index (χ0) is 14.6. The van der Waals surface area contributed by atoms with Crippen LogP contribution in [0.2, 0.25) is 0 Å². The number of hydrogen-bond donors (Lipinski definition) is 3. The Hall–Kier alpha value is -2.27. The summed E-state index contributed by atoms with van der Waals surface area (Å²) in [5.41, 5.74) is 2.71. The third-order valence-electron chi connectivity index (χ3n) is 4.26. The molecule has 21 heavy (non-hydrogen) atoms. The number of phenolic OH excluding ortho intramolecular Hbond substituents is 2. The molecule has 0 aromatic heterocycles. The summed E-state index contributed by atoms with van der Waals surface area (Å²) < 4.78 is 19.3. The van der Waals surface area contributed by atoms with Gasteiger partial charge in [0.15, 0.2) is 11.5 Å². The molecule has 0 bridgehead atoms. The van der Waals surface area contributed by atoms with Gasteiger partial charge in [-0.1, -0.05) is 6.07 Å². The van der Waals surface area contributed by atoms with Crippen LogP contribution in [0.25, 0.3) is 0 Å². The minimum atomic E-state index is -0.273. The molecule has 0 aliphatic carbocycles. The van der Waals surface area contributed by atoms with E-state index in [9.17, 15) is 14.6 Å². The van der Waals surface area contributed by atoms with Crippen LogP contribution >= 0.6 is 0 Å². The first-order valence-corrected chi connectivity index (χ1v) is 6.84. The molecule has 2 heterocycles. The van der Waals surface area contributed by atoms with E-state index < -0.39 is 0 Å². The van der Waals surface area contributed by atoms with Crippen LogP contribution in [0.4, 0.5) is 4.39 Å². The normalized spacial score (nSPS) is 22.7. The minimum absolute atomic E-state index is 0.0238. The predicted molar refractivity (Wildman–Crippen MR) is 74.1 cm³/mol. The van der Waals surface area contributed by atoms with Crippen LogP contribution in [-0.2, 0) is 6.54 Å². The number of nitrogens with one attached hydrogen (secondary N) is 1. The highest BCUT2D eigenvalue weighted by Crippen LogP contribution is 2.45. The molecule has 4 nitrogen and oxygen atoms in total. The van der Waals surface area contributed by atoms with Crippen molar-refractivity contribution in [1.29, 1.82) is 0 Å². The first-order valence-electron chi connectivity index (χ1n) is 6.84. The van der Waals surface area contributed by atoms with Gasteiger partial charge in [-0.25, -0.2) is 4.39 Å². The Balaban J connectivity index is 1.92. The van der Waals surface area contributed by atoms with Crippen molar-refractivity contribution in [3.8, 4) is 17.2 Å². The number of rotatable bonds is 0. The molecule has 4 rings (SSSR count). The third-order valence-corrected chi connectivity index (χ3v) is 4.26. The largest absolute Gasteiger partial charge is 0.504 e. The standard InChI is InChI=1S/C16H14FNO3/c17-9-2-1-8-6-18-12-7-21-15-5-14(20)13(19)4-11(15)16(12)10(8)3-9/h1-5,12,16,18-20H,6-7H2/t12-,16-/m1/s1. The number of aromatic hydroxyl groups is 2. The lowest BCUT2D eigenvalue weighted by Crippen LogP contribution is -2.46. The van der Waals surface area contributed by atoms with Gasteiger partial charge >= 0.3 is 0 Å². The second kappa shape index (κ2) is 4.36. The van der Waals surface area contributed by atoms with Gasteiger partial charge in [0, 0.05) is 24.1 Å². The predicted octanol–water partition coefficient (Wildman–Crippen LogP) is 2.23. The van der Waals surface area contributed by atoms with Gasteiger partial charge in [-0.05, 0) is 29.3 Å². The Kier molecular flexibility index (Phi) is 2.59. The van der Waals surface area contributed by atoms with Crippen molar-refractivity contribution in [2.45, 2.75) is 18.5 Å². The van der Waals surface area contributed by atoms with Crippen LogP contribution in [0.3, 0.4) is 0 Å². The summed E-state index contributed by atoms with van der Waals surface area (Å²) in [6, 6.07) is 7.72. The Morgan fingerprint density at radius 2 is 1.90 bits per heavy atom. The zero-order valence-corrected chi connectivity index (χ0v) is 11.1. The van der Waals surface area contributed by atoms with Crippen LogP contribution in [0.1, 0.15) is 22.6 Å². The summed E-state index contributed by atoms with van der Waals surface area (Å²) in [6.07, 6.45) is 0. The van der Waals surface area contributed by atoms with E-state index in [1.165, 1.54) is 18.2 Å². The van der Waals surface area contributed by atoms with Crippen molar-refractivity contribution < 1.29 is 19.3 Å². The van der Waals surface area contributed by atoms with E-state index in [0.717, 1.165) is 16.7 Å². The van der Waals surface area contributed by atoms with E-state index in [2.05, 4.69) is 5.32 Å². The molecule has 2 aromatic rings. The number of ether oxygens (including phenoxy) is 1. The first-order chi connectivity index (χ1) is 10.1. The Morgan fingerprint density at radius 1 is 1.10 bits per heavy atom. The van der Waals surface area contributed by atoms with Gasteiger partial charge in [0.25, 0.3) is 0 Å². The van der Waals surface area contributed by atoms with Gasteiger partial charge in [0.05, 0.1) is 6.04 Å². The molecule has 0 unspecified atom stereocenters. The van der Waals surface area contributed by atoms with E-state index >= 15 is 0 Å². The number of phenols is 2. The van der Waals surface area contributed by atoms with Gasteiger partial charge < -0.3 is 20.3 Å². The number of fused-ring (bicyclic) bond motifs is 5. The quantitative estimate of drug-likeness (QED) is 0.650. The Labute approximate surface area is 120 Å². The molecule has 2 aliphatic heterocycles. The van der Waals surface area contributed by atoms with Crippen LogP contribution in [-0.4, -0.2) is 22.9 Å². The summed E-state index contributed by atoms with van der Waals surface area (Å²) in [4.78, 5) is 0. The van der Waals surface area contributed by atoms with Crippen molar-refractivity contribution in [1.82, 2.24) is 5.32 Å². The van der Waals surface area contributed by atoms with Gasteiger partial charge in [-0.15, -0.1) is 0 Å². The maximum absolute atomic E-state index is 13.6. The van der Waals surface area contributed by atoms with Gasteiger partial charge in [-0.3, -0.25) is 0 Å². The monoisotopic (exact) mass is 287 g/mol. The molecule has 0 amide bonds. The second-order valence-electron chi connectivity index (χ2n) is 5.50. The van der Waals surface area contributed by atoms with Crippen molar-refractivity contribution in [2.24, 2.45) is 0 Å². The Bertz CT molecular complexity index is 732. The highest BCUT2D eigenvalue weighted by molar-refractivity contribution is 5.56. The molecule has 0 fully saturated rings. The molecule has 5 heteroatoms. The van der Waals surface area contributed by atoms with Gasteiger partial charge in [0.1, 0.15) is 18.2 Å². The number of halogens is 1. The van der Waals surface area contributed by atoms with E-state index in [1.807, 2.05) is 0 Å². The van der Waals surface area contributed by atoms with Crippen molar-refractivity contribution in [3.05, 3.63) is 52.8 Å². The molecular formula is C16H14FNO3. The first kappa shape index (κ1) is 12.5. The molecule has 108 valence electrons. The molecule has 0 radical (unpaired) electrons. The third kappa shape index (κ3) is 1.85. The van der Waals surface area contributed by atoms with E-state index in [0.29, 0.717) is 18.9 Å². The molecular weight excluding hydrogens is 273 g/mol. The van der Waals surface area contributed by atoms with Gasteiger partial charge in [-0.2, -0.15) is 0 Å². The molecule has 0 saturated heterocycles. The summed E-state index contributed by atoms with van der Waals surface area (Å²) >= 11 is 0. The SMILES string of the molecule is Oc1cc2c(cc1O)[C@H]1c3cc(F)ccc3CN[C@@H]1CO2. The van der Waals surface area contributed by atoms with E-state index in [4.69, 9.17) is 4.74 Å². The lowest BCUT2D eigenvalue weighted by Gasteiger charge is -2.39. The summed E-state index contributed by atoms with van der Waals surface area (Å²) in [5, 5.41) is 22.8. The average molecular weight is 287 g/mol. The Morgan fingerprint density at radius 3 is 2.76 bits per heavy atom. The highest BCUT2D eigenvalue weighted by atomic mass is 19.1. The fourth-order valence-electron chi connectivity index (χ4n) is 3.25. The fraction of sp³-hybridized carbons (Fsp3) is 0.250. The van der Waals surface area contributed by atoms with Crippen molar-refractivity contribution in [3.63, 3.8) is 0 Å². The van der Waals surface area contributed by atoms with Crippen LogP contribution in [0.15, 0.2) is 30.3 Å². The van der Waals surface area contributed by atoms with E-state index in [1.54, 1.807) is 12.1 Å². The van der Waals surface area contributed by atoms with Crippen molar-refractivity contribution in [2.75, 3.05) is 6.61 Å². The maximum Gasteiger partial charge on any atom is 0.161 e. The summed E-state index contributed by atoms with van der Waals surface area (Å²) in [7, 11) is 0. The van der Waals surface area contributed by atoms with Crippen molar-refractivity contribution >= 4 is 0 Å². The average Bonchev–Trinajstić information content (AvgIpc) is 2.48. The van der Waals surface area contributed by atoms with Crippen LogP contribution in [0.5, 0.6) is 17.2 Å². The lowest BCUT2D eigenvalue weighted by atomic mass is 9.78. The topological polar surface area (TPSA) is 61.7 Å². The van der Waals surface area contributed by atoms with Gasteiger partial charge in [0.2, 0.25) is 0 Å². The van der Waals surface area contributed by atoms with E-state index in [-0.39, 0.29) is 29.3 Å². The highest BCUT2D eigenvalue weighted by Gasteiger charge is 2.37. The molecule has 0 spiro atoms. The molecule has 0 saturated carbocycles. The lowest BCUT2D eigenvalue weighted by molar-refractivity contribution is 0.214. The van der Waals surface area contributed by atoms with Crippen LogP contribution < -0.4 is 10.1 Å². The smallest absolute Gasteiger partial charge is 0.161 e. The molecule has 2 aliphatic rings. The second-order valence-corrected chi connectivity index (χ2v) is 5.50. The maximum atomic E-state index is 13.6. The summed E-state index contributed by atoms with van der Waals surface area (Å²) in [5.74, 6) is -0.243. The summed E-state index contributed by atoms with van der Waals surface area (Å²) in [6.45, 7) is 1.11. The molecule has 2 aromatic carbocycles. The minimum Gasteiger partial charge on any atom is -0.504 e. The number of hydrogen-bond acceptors (Lipinski definition) is 4. The molecule has 3 N–H and O–H groups in total. The molecule has 2 atom stereocenters. The number of benzene rings is 2. The fourth-order valence-corrected chi connectivity index (χ4v) is 3.25. The van der Waals surface area contributed by atoms with Crippen LogP contribution in [0, 0.1) is 5.82 Å².